The number of hydrogen-bond donors (Lipinski definition) is 1. The molecule has 0 saturated carbocycles. The maximum Gasteiger partial charge on any atom is 0.222 e. The Labute approximate surface area is 148 Å². The number of fused-ring (bicyclic) bond motifs is 1. The second kappa shape index (κ2) is 7.58. The van der Waals surface area contributed by atoms with Crippen LogP contribution in [0, 0.1) is 5.92 Å². The maximum absolute atomic E-state index is 12.5. The third-order valence-electron chi connectivity index (χ3n) is 5.44. The number of carbonyl (C=O) groups excluding carboxylic acids is 1. The fourth-order valence-corrected chi connectivity index (χ4v) is 4.00. The Morgan fingerprint density at radius 1 is 1.16 bits per heavy atom. The number of nitrogens with zero attached hydrogens (tertiary/aromatic N) is 1. The number of para-hydroxylation sites is 1. The first-order valence-electron chi connectivity index (χ1n) is 9.37. The first-order valence-corrected chi connectivity index (χ1v) is 9.37. The molecule has 0 bridgehead atoms. The van der Waals surface area contributed by atoms with Crippen LogP contribution < -0.4 is 0 Å². The molecule has 2 saturated heterocycles. The molecule has 0 unspecified atom stereocenters. The van der Waals surface area contributed by atoms with Crippen LogP contribution >= 0.6 is 0 Å². The number of rotatable bonds is 5. The smallest absolute Gasteiger partial charge is 0.222 e. The van der Waals surface area contributed by atoms with Crippen molar-refractivity contribution in [1.82, 2.24) is 9.88 Å². The van der Waals surface area contributed by atoms with Crippen molar-refractivity contribution in [3.05, 3.63) is 36.0 Å². The molecule has 0 radical (unpaired) electrons. The van der Waals surface area contributed by atoms with Gasteiger partial charge in [0, 0.05) is 42.5 Å². The van der Waals surface area contributed by atoms with Crippen molar-refractivity contribution in [2.24, 2.45) is 5.92 Å². The van der Waals surface area contributed by atoms with Gasteiger partial charge in [-0.2, -0.15) is 0 Å². The summed E-state index contributed by atoms with van der Waals surface area (Å²) in [5.74, 6) is 0.726. The Morgan fingerprint density at radius 2 is 1.92 bits per heavy atom. The summed E-state index contributed by atoms with van der Waals surface area (Å²) in [4.78, 5) is 17.8. The molecule has 2 aromatic rings. The standard InChI is InChI=1S/C20H26N2O3/c23-19(22-10-8-15(9-11-22)20-24-12-13-25-20)7-3-4-16-14-21-18-6-2-1-5-17(16)18/h1-2,5-6,14-15,20-21H,3-4,7-13H2. The average Bonchev–Trinajstić information content (AvgIpc) is 3.32. The van der Waals surface area contributed by atoms with E-state index in [9.17, 15) is 4.79 Å². The van der Waals surface area contributed by atoms with Crippen molar-refractivity contribution < 1.29 is 14.3 Å². The van der Waals surface area contributed by atoms with E-state index in [1.807, 2.05) is 11.0 Å². The zero-order valence-corrected chi connectivity index (χ0v) is 14.6. The first-order chi connectivity index (χ1) is 12.3. The highest BCUT2D eigenvalue weighted by molar-refractivity contribution is 5.83. The number of piperidine rings is 1. The van der Waals surface area contributed by atoms with Gasteiger partial charge in [-0.05, 0) is 37.3 Å². The second-order valence-corrected chi connectivity index (χ2v) is 7.04. The topological polar surface area (TPSA) is 54.6 Å². The predicted molar refractivity (Wildman–Crippen MR) is 96.2 cm³/mol. The van der Waals surface area contributed by atoms with Gasteiger partial charge in [-0.15, -0.1) is 0 Å². The molecule has 2 aliphatic rings. The summed E-state index contributed by atoms with van der Waals surface area (Å²) in [6, 6.07) is 8.33. The second-order valence-electron chi connectivity index (χ2n) is 7.04. The van der Waals surface area contributed by atoms with Crippen LogP contribution in [0.25, 0.3) is 10.9 Å². The van der Waals surface area contributed by atoms with Crippen LogP contribution in [0.5, 0.6) is 0 Å². The van der Waals surface area contributed by atoms with Gasteiger partial charge < -0.3 is 19.4 Å². The molecule has 2 aliphatic heterocycles. The van der Waals surface area contributed by atoms with E-state index in [0.717, 1.165) is 38.8 Å². The van der Waals surface area contributed by atoms with Crippen molar-refractivity contribution in [3.63, 3.8) is 0 Å². The van der Waals surface area contributed by atoms with Crippen molar-refractivity contribution >= 4 is 16.8 Å². The SMILES string of the molecule is O=C(CCCc1c[nH]c2ccccc12)N1CCC(C2OCCO2)CC1. The Hall–Kier alpha value is -1.85. The van der Waals surface area contributed by atoms with Crippen molar-refractivity contribution in [1.29, 1.82) is 0 Å². The van der Waals surface area contributed by atoms with E-state index in [1.54, 1.807) is 0 Å². The molecule has 1 N–H and O–H groups in total. The summed E-state index contributed by atoms with van der Waals surface area (Å²) < 4.78 is 11.2. The molecular formula is C20H26N2O3. The molecule has 0 spiro atoms. The van der Waals surface area contributed by atoms with E-state index >= 15 is 0 Å². The van der Waals surface area contributed by atoms with Gasteiger partial charge in [0.05, 0.1) is 13.2 Å². The minimum absolute atomic E-state index is 0.0425. The minimum atomic E-state index is -0.0425. The number of nitrogens with one attached hydrogen (secondary N) is 1. The fourth-order valence-electron chi connectivity index (χ4n) is 4.00. The molecule has 5 nitrogen and oxygen atoms in total. The molecular weight excluding hydrogens is 316 g/mol. The van der Waals surface area contributed by atoms with Crippen LogP contribution in [0.1, 0.15) is 31.2 Å². The number of hydrogen-bond acceptors (Lipinski definition) is 3. The zero-order valence-electron chi connectivity index (χ0n) is 14.6. The normalized spacial score (nSPS) is 19.8. The monoisotopic (exact) mass is 342 g/mol. The number of ether oxygens (including phenoxy) is 2. The van der Waals surface area contributed by atoms with Crippen LogP contribution in [0.4, 0.5) is 0 Å². The molecule has 5 heteroatoms. The van der Waals surface area contributed by atoms with Crippen LogP contribution in [0.3, 0.4) is 0 Å². The highest BCUT2D eigenvalue weighted by Crippen LogP contribution is 2.26. The summed E-state index contributed by atoms with van der Waals surface area (Å²) >= 11 is 0. The molecule has 1 amide bonds. The van der Waals surface area contributed by atoms with E-state index in [2.05, 4.69) is 29.4 Å². The number of aromatic nitrogens is 1. The average molecular weight is 342 g/mol. The summed E-state index contributed by atoms with van der Waals surface area (Å²) in [5, 5.41) is 1.27. The summed E-state index contributed by atoms with van der Waals surface area (Å²) in [6.45, 7) is 3.08. The van der Waals surface area contributed by atoms with Gasteiger partial charge >= 0.3 is 0 Å². The van der Waals surface area contributed by atoms with Gasteiger partial charge in [-0.3, -0.25) is 4.79 Å². The molecule has 3 heterocycles. The van der Waals surface area contributed by atoms with Gasteiger partial charge in [0.1, 0.15) is 0 Å². The van der Waals surface area contributed by atoms with Gasteiger partial charge in [-0.1, -0.05) is 18.2 Å². The zero-order chi connectivity index (χ0) is 17.1. The molecule has 0 aliphatic carbocycles. The number of aromatic amines is 1. The van der Waals surface area contributed by atoms with Crippen LogP contribution in [-0.4, -0.2) is 48.4 Å². The lowest BCUT2D eigenvalue weighted by molar-refractivity contribution is -0.136. The maximum atomic E-state index is 12.5. The molecule has 0 atom stereocenters. The predicted octanol–water partition coefficient (Wildman–Crippen LogP) is 3.10. The third kappa shape index (κ3) is 3.72. The van der Waals surface area contributed by atoms with Crippen LogP contribution in [0.2, 0.25) is 0 Å². The Balaban J connectivity index is 1.23. The molecule has 134 valence electrons. The van der Waals surface area contributed by atoms with Gasteiger partial charge in [0.15, 0.2) is 6.29 Å². The summed E-state index contributed by atoms with van der Waals surface area (Å²) in [5.41, 5.74) is 2.47. The van der Waals surface area contributed by atoms with Crippen molar-refractivity contribution in [2.75, 3.05) is 26.3 Å². The van der Waals surface area contributed by atoms with E-state index in [4.69, 9.17) is 9.47 Å². The first kappa shape index (κ1) is 16.6. The van der Waals surface area contributed by atoms with Gasteiger partial charge in [-0.25, -0.2) is 0 Å². The lowest BCUT2D eigenvalue weighted by Crippen LogP contribution is -2.41. The van der Waals surface area contributed by atoms with Gasteiger partial charge in [0.2, 0.25) is 5.91 Å². The summed E-state index contributed by atoms with van der Waals surface area (Å²) in [6.07, 6.45) is 6.46. The van der Waals surface area contributed by atoms with Gasteiger partial charge in [0.25, 0.3) is 0 Å². The van der Waals surface area contributed by atoms with Crippen molar-refractivity contribution in [2.45, 2.75) is 38.4 Å². The molecule has 2 fully saturated rings. The van der Waals surface area contributed by atoms with E-state index < -0.39 is 0 Å². The molecule has 25 heavy (non-hydrogen) atoms. The van der Waals surface area contributed by atoms with E-state index in [-0.39, 0.29) is 12.2 Å². The number of benzene rings is 1. The Kier molecular flexibility index (Phi) is 5.04. The quantitative estimate of drug-likeness (QED) is 0.908. The van der Waals surface area contributed by atoms with Crippen molar-refractivity contribution in [3.8, 4) is 0 Å². The minimum Gasteiger partial charge on any atom is -0.361 e. The van der Waals surface area contributed by atoms with E-state index in [0.29, 0.717) is 25.6 Å². The molecule has 4 rings (SSSR count). The Morgan fingerprint density at radius 3 is 2.72 bits per heavy atom. The number of likely N-dealkylation sites (tertiary alicyclic amines) is 1. The highest BCUT2D eigenvalue weighted by atomic mass is 16.7. The number of aryl methyl sites for hydroxylation is 1. The largest absolute Gasteiger partial charge is 0.361 e. The number of carbonyl (C=O) groups is 1. The molecule has 1 aromatic carbocycles. The number of amides is 1. The van der Waals surface area contributed by atoms with E-state index in [1.165, 1.54) is 16.5 Å². The summed E-state index contributed by atoms with van der Waals surface area (Å²) in [7, 11) is 0. The number of H-pyrrole nitrogens is 1. The fraction of sp³-hybridized carbons (Fsp3) is 0.550. The third-order valence-corrected chi connectivity index (χ3v) is 5.44. The van der Waals surface area contributed by atoms with Crippen LogP contribution in [0.15, 0.2) is 30.5 Å². The lowest BCUT2D eigenvalue weighted by atomic mass is 9.95. The van der Waals surface area contributed by atoms with Crippen LogP contribution in [-0.2, 0) is 20.7 Å². The highest BCUT2D eigenvalue weighted by Gasteiger charge is 2.31. The Bertz CT molecular complexity index is 713. The lowest BCUT2D eigenvalue weighted by Gasteiger charge is -2.34. The molecule has 1 aromatic heterocycles.